The Balaban J connectivity index is 2.84. The van der Waals surface area contributed by atoms with Crippen molar-refractivity contribution in [2.75, 3.05) is 6.54 Å². The second-order valence-electron chi connectivity index (χ2n) is 4.19. The Labute approximate surface area is 130 Å². The van der Waals surface area contributed by atoms with E-state index in [-0.39, 0.29) is 34.5 Å². The van der Waals surface area contributed by atoms with E-state index in [1.54, 1.807) is 0 Å². The summed E-state index contributed by atoms with van der Waals surface area (Å²) < 4.78 is 62.0. The van der Waals surface area contributed by atoms with Crippen LogP contribution in [0.4, 0.5) is 13.2 Å². The maximum absolute atomic E-state index is 12.0. The van der Waals surface area contributed by atoms with Gasteiger partial charge in [-0.25, -0.2) is 13.1 Å². The molecule has 0 radical (unpaired) electrons. The lowest BCUT2D eigenvalue weighted by molar-refractivity contribution is -0.135. The molecule has 0 aromatic heterocycles. The summed E-state index contributed by atoms with van der Waals surface area (Å²) in [4.78, 5) is -0.263. The summed E-state index contributed by atoms with van der Waals surface area (Å²) in [7, 11) is -4.02. The van der Waals surface area contributed by atoms with E-state index in [4.69, 9.17) is 28.9 Å². The fourth-order valence-electron chi connectivity index (χ4n) is 1.51. The molecule has 0 atom stereocenters. The van der Waals surface area contributed by atoms with E-state index in [0.29, 0.717) is 5.56 Å². The van der Waals surface area contributed by atoms with Crippen LogP contribution in [0.2, 0.25) is 10.0 Å². The smallest absolute Gasteiger partial charge is 0.326 e. The molecule has 0 aliphatic rings. The lowest BCUT2D eigenvalue weighted by Crippen LogP contribution is -2.26. The second kappa shape index (κ2) is 7.15. The molecule has 1 rings (SSSR count). The Morgan fingerprint density at radius 2 is 1.81 bits per heavy atom. The minimum atomic E-state index is -4.32. The highest BCUT2D eigenvalue weighted by Gasteiger charge is 2.26. The van der Waals surface area contributed by atoms with Gasteiger partial charge >= 0.3 is 6.18 Å². The van der Waals surface area contributed by atoms with Crippen LogP contribution in [0, 0.1) is 0 Å². The molecule has 10 heteroatoms. The molecule has 0 aliphatic carbocycles. The molecule has 1 aromatic carbocycles. The third-order valence-electron chi connectivity index (χ3n) is 2.54. The molecule has 0 aliphatic heterocycles. The van der Waals surface area contributed by atoms with E-state index < -0.39 is 22.6 Å². The van der Waals surface area contributed by atoms with E-state index in [2.05, 4.69) is 4.72 Å². The molecule has 0 saturated carbocycles. The highest BCUT2D eigenvalue weighted by atomic mass is 35.5. The monoisotopic (exact) mass is 364 g/mol. The zero-order chi connectivity index (χ0) is 16.3. The van der Waals surface area contributed by atoms with Gasteiger partial charge in [0.25, 0.3) is 0 Å². The van der Waals surface area contributed by atoms with Crippen molar-refractivity contribution in [1.82, 2.24) is 4.72 Å². The van der Waals surface area contributed by atoms with Gasteiger partial charge in [0, 0.05) is 24.5 Å². The number of alkyl halides is 3. The first-order valence-corrected chi connectivity index (χ1v) is 8.05. The Kier molecular flexibility index (Phi) is 6.30. The van der Waals surface area contributed by atoms with Gasteiger partial charge in [-0.15, -0.1) is 0 Å². The van der Waals surface area contributed by atoms with E-state index in [1.165, 1.54) is 12.1 Å². The summed E-state index contributed by atoms with van der Waals surface area (Å²) in [6.07, 6.45) is -5.76. The summed E-state index contributed by atoms with van der Waals surface area (Å²) in [6, 6.07) is 2.44. The van der Waals surface area contributed by atoms with E-state index in [0.717, 1.165) is 0 Å². The first-order chi connectivity index (χ1) is 9.57. The number of benzene rings is 1. The molecule has 0 amide bonds. The average molecular weight is 365 g/mol. The molecule has 1 aromatic rings. The van der Waals surface area contributed by atoms with Crippen LogP contribution in [0.1, 0.15) is 18.4 Å². The van der Waals surface area contributed by atoms with Gasteiger partial charge in [0.15, 0.2) is 0 Å². The Morgan fingerprint density at radius 3 is 2.33 bits per heavy atom. The first kappa shape index (κ1) is 18.5. The molecular formula is C11H13Cl2F3N2O2S. The molecule has 0 bridgehead atoms. The fraction of sp³-hybridized carbons (Fsp3) is 0.455. The molecule has 3 N–H and O–H groups in total. The van der Waals surface area contributed by atoms with Crippen molar-refractivity contribution in [2.24, 2.45) is 5.73 Å². The number of sulfonamides is 1. The Hall–Kier alpha value is -0.540. The predicted molar refractivity (Wildman–Crippen MR) is 74.8 cm³/mol. The third-order valence-corrected chi connectivity index (χ3v) is 4.82. The van der Waals surface area contributed by atoms with Crippen molar-refractivity contribution < 1.29 is 21.6 Å². The standard InChI is InChI=1S/C11H13Cl2F3N2O2S/c12-8-5-9(13)10(4-7(8)6-17)21(19,20)18-3-1-2-11(14,15)16/h4-5,18H,1-3,6,17H2. The molecule has 0 fully saturated rings. The molecular weight excluding hydrogens is 352 g/mol. The largest absolute Gasteiger partial charge is 0.389 e. The van der Waals surface area contributed by atoms with E-state index in [1.807, 2.05) is 0 Å². The van der Waals surface area contributed by atoms with Crippen molar-refractivity contribution >= 4 is 33.2 Å². The van der Waals surface area contributed by atoms with Gasteiger partial charge in [0.1, 0.15) is 4.90 Å². The lowest BCUT2D eigenvalue weighted by Gasteiger charge is -2.11. The second-order valence-corrected chi connectivity index (χ2v) is 6.74. The maximum atomic E-state index is 12.0. The van der Waals surface area contributed by atoms with Gasteiger partial charge < -0.3 is 5.73 Å². The summed E-state index contributed by atoms with van der Waals surface area (Å²) in [5.74, 6) is 0. The number of rotatable bonds is 6. The topological polar surface area (TPSA) is 72.2 Å². The van der Waals surface area contributed by atoms with Crippen molar-refractivity contribution in [3.8, 4) is 0 Å². The van der Waals surface area contributed by atoms with E-state index in [9.17, 15) is 21.6 Å². The van der Waals surface area contributed by atoms with Crippen LogP contribution in [0.15, 0.2) is 17.0 Å². The molecule has 0 saturated heterocycles. The molecule has 0 unspecified atom stereocenters. The van der Waals surface area contributed by atoms with Crippen molar-refractivity contribution in [3.63, 3.8) is 0 Å². The van der Waals surface area contributed by atoms with Crippen LogP contribution in [0.3, 0.4) is 0 Å². The van der Waals surface area contributed by atoms with Gasteiger partial charge in [-0.05, 0) is 24.1 Å². The van der Waals surface area contributed by atoms with Gasteiger partial charge in [-0.1, -0.05) is 23.2 Å². The Bertz CT molecular complexity index is 606. The SMILES string of the molecule is NCc1cc(S(=O)(=O)NCCCC(F)(F)F)c(Cl)cc1Cl. The van der Waals surface area contributed by atoms with Gasteiger partial charge in [0.05, 0.1) is 5.02 Å². The summed E-state index contributed by atoms with van der Waals surface area (Å²) >= 11 is 11.6. The van der Waals surface area contributed by atoms with Crippen molar-refractivity contribution in [3.05, 3.63) is 27.7 Å². The molecule has 21 heavy (non-hydrogen) atoms. The third kappa shape index (κ3) is 5.63. The minimum absolute atomic E-state index is 0.00654. The molecule has 0 spiro atoms. The van der Waals surface area contributed by atoms with Crippen LogP contribution < -0.4 is 10.5 Å². The van der Waals surface area contributed by atoms with Crippen LogP contribution >= 0.6 is 23.2 Å². The van der Waals surface area contributed by atoms with Gasteiger partial charge in [-0.2, -0.15) is 13.2 Å². The Morgan fingerprint density at radius 1 is 1.19 bits per heavy atom. The lowest BCUT2D eigenvalue weighted by atomic mass is 10.2. The number of halogens is 5. The summed E-state index contributed by atoms with van der Waals surface area (Å²) in [5.41, 5.74) is 5.79. The molecule has 0 heterocycles. The van der Waals surface area contributed by atoms with Crippen LogP contribution in [0.5, 0.6) is 0 Å². The van der Waals surface area contributed by atoms with Crippen LogP contribution in [-0.4, -0.2) is 21.1 Å². The number of nitrogens with two attached hydrogens (primary N) is 1. The van der Waals surface area contributed by atoms with Gasteiger partial charge in [0.2, 0.25) is 10.0 Å². The zero-order valence-corrected chi connectivity index (χ0v) is 13.0. The molecule has 4 nitrogen and oxygen atoms in total. The fourth-order valence-corrected chi connectivity index (χ4v) is 3.45. The highest BCUT2D eigenvalue weighted by Crippen LogP contribution is 2.28. The van der Waals surface area contributed by atoms with Gasteiger partial charge in [-0.3, -0.25) is 0 Å². The highest BCUT2D eigenvalue weighted by molar-refractivity contribution is 7.89. The summed E-state index contributed by atoms with van der Waals surface area (Å²) in [6.45, 7) is -0.342. The zero-order valence-electron chi connectivity index (χ0n) is 10.7. The minimum Gasteiger partial charge on any atom is -0.326 e. The first-order valence-electron chi connectivity index (χ1n) is 5.81. The number of hydrogen-bond acceptors (Lipinski definition) is 3. The quantitative estimate of drug-likeness (QED) is 0.761. The average Bonchev–Trinajstić information content (AvgIpc) is 2.33. The summed E-state index contributed by atoms with van der Waals surface area (Å²) in [5, 5.41) is 0.0963. The van der Waals surface area contributed by atoms with E-state index >= 15 is 0 Å². The van der Waals surface area contributed by atoms with Crippen molar-refractivity contribution in [1.29, 1.82) is 0 Å². The van der Waals surface area contributed by atoms with Crippen LogP contribution in [-0.2, 0) is 16.6 Å². The number of hydrogen-bond donors (Lipinski definition) is 2. The number of nitrogens with one attached hydrogen (secondary N) is 1. The van der Waals surface area contributed by atoms with Crippen molar-refractivity contribution in [2.45, 2.75) is 30.5 Å². The predicted octanol–water partition coefficient (Wildman–Crippen LogP) is 3.07. The normalized spacial score (nSPS) is 12.7. The van der Waals surface area contributed by atoms with Crippen LogP contribution in [0.25, 0.3) is 0 Å². The maximum Gasteiger partial charge on any atom is 0.389 e. The molecule has 120 valence electrons.